The van der Waals surface area contributed by atoms with Crippen LogP contribution in [0.1, 0.15) is 26.7 Å². The van der Waals surface area contributed by atoms with Crippen LogP contribution in [0.3, 0.4) is 0 Å². The van der Waals surface area contributed by atoms with Crippen LogP contribution in [0.5, 0.6) is 0 Å². The molecule has 16 heavy (non-hydrogen) atoms. The lowest BCUT2D eigenvalue weighted by atomic mass is 10.1. The number of piperazine rings is 1. The fourth-order valence-electron chi connectivity index (χ4n) is 2.07. The summed E-state index contributed by atoms with van der Waals surface area (Å²) in [6, 6.07) is 1.16. The Balaban J connectivity index is 2.23. The third-order valence-corrected chi connectivity index (χ3v) is 3.23. The highest BCUT2D eigenvalue weighted by Gasteiger charge is 2.21. The lowest BCUT2D eigenvalue weighted by molar-refractivity contribution is -0.128. The molecule has 0 aromatic heterocycles. The van der Waals surface area contributed by atoms with Gasteiger partial charge in [-0.1, -0.05) is 0 Å². The summed E-state index contributed by atoms with van der Waals surface area (Å²) in [5.74, 6) is 0.232. The Kier molecular flexibility index (Phi) is 5.22. The summed E-state index contributed by atoms with van der Waals surface area (Å²) in [5.41, 5.74) is 0. The Labute approximate surface area is 99.0 Å². The zero-order valence-electron chi connectivity index (χ0n) is 11.0. The van der Waals surface area contributed by atoms with Gasteiger partial charge in [0.15, 0.2) is 0 Å². The maximum absolute atomic E-state index is 11.4. The average molecular weight is 227 g/mol. The summed E-state index contributed by atoms with van der Waals surface area (Å²) in [6.45, 7) is 7.64. The van der Waals surface area contributed by atoms with Gasteiger partial charge < -0.3 is 10.2 Å². The van der Waals surface area contributed by atoms with Crippen molar-refractivity contribution >= 4 is 5.91 Å². The topological polar surface area (TPSA) is 35.6 Å². The van der Waals surface area contributed by atoms with E-state index in [-0.39, 0.29) is 5.91 Å². The molecular weight excluding hydrogens is 202 g/mol. The van der Waals surface area contributed by atoms with E-state index in [9.17, 15) is 4.79 Å². The van der Waals surface area contributed by atoms with Gasteiger partial charge in [-0.15, -0.1) is 0 Å². The largest absolute Gasteiger partial charge is 0.349 e. The normalized spacial score (nSPS) is 26.8. The minimum atomic E-state index is 0.232. The molecule has 2 atom stereocenters. The summed E-state index contributed by atoms with van der Waals surface area (Å²) in [5, 5.41) is 3.46. The van der Waals surface area contributed by atoms with Crippen LogP contribution in [0.4, 0.5) is 0 Å². The van der Waals surface area contributed by atoms with Crippen molar-refractivity contribution < 1.29 is 4.79 Å². The van der Waals surface area contributed by atoms with Crippen molar-refractivity contribution in [2.24, 2.45) is 0 Å². The quantitative estimate of drug-likeness (QED) is 0.761. The molecule has 1 aliphatic rings. The summed E-state index contributed by atoms with van der Waals surface area (Å²) in [6.07, 6.45) is 1.63. The van der Waals surface area contributed by atoms with Crippen molar-refractivity contribution in [3.05, 3.63) is 0 Å². The molecule has 1 rings (SSSR count). The van der Waals surface area contributed by atoms with E-state index in [2.05, 4.69) is 24.1 Å². The van der Waals surface area contributed by atoms with Crippen LogP contribution in [-0.2, 0) is 4.79 Å². The van der Waals surface area contributed by atoms with Gasteiger partial charge in [-0.2, -0.15) is 0 Å². The van der Waals surface area contributed by atoms with Gasteiger partial charge in [-0.05, 0) is 26.8 Å². The molecule has 0 aromatic rings. The monoisotopic (exact) mass is 227 g/mol. The Morgan fingerprint density at radius 3 is 2.75 bits per heavy atom. The first kappa shape index (κ1) is 13.5. The molecule has 1 N–H and O–H groups in total. The van der Waals surface area contributed by atoms with E-state index in [1.807, 2.05) is 14.1 Å². The second-order valence-electron chi connectivity index (χ2n) is 5.04. The minimum Gasteiger partial charge on any atom is -0.349 e. The lowest BCUT2D eigenvalue weighted by Gasteiger charge is -2.37. The number of amides is 1. The summed E-state index contributed by atoms with van der Waals surface area (Å²) in [4.78, 5) is 15.6. The molecule has 0 aromatic carbocycles. The maximum Gasteiger partial charge on any atom is 0.222 e. The lowest BCUT2D eigenvalue weighted by Crippen LogP contribution is -2.54. The van der Waals surface area contributed by atoms with Gasteiger partial charge in [0, 0.05) is 45.7 Å². The molecule has 0 bridgehead atoms. The Morgan fingerprint density at radius 1 is 1.44 bits per heavy atom. The van der Waals surface area contributed by atoms with E-state index in [0.29, 0.717) is 18.5 Å². The molecule has 0 radical (unpaired) electrons. The summed E-state index contributed by atoms with van der Waals surface area (Å²) >= 11 is 0. The van der Waals surface area contributed by atoms with Crippen molar-refractivity contribution in [3.63, 3.8) is 0 Å². The zero-order chi connectivity index (χ0) is 12.1. The van der Waals surface area contributed by atoms with Gasteiger partial charge in [-0.25, -0.2) is 0 Å². The number of carbonyl (C=O) groups excluding carboxylic acids is 1. The molecule has 2 unspecified atom stereocenters. The third kappa shape index (κ3) is 4.10. The zero-order valence-corrected chi connectivity index (χ0v) is 11.0. The number of hydrogen-bond acceptors (Lipinski definition) is 3. The number of rotatable bonds is 4. The molecule has 1 heterocycles. The van der Waals surface area contributed by atoms with Gasteiger partial charge >= 0.3 is 0 Å². The second-order valence-corrected chi connectivity index (χ2v) is 5.04. The van der Waals surface area contributed by atoms with E-state index >= 15 is 0 Å². The van der Waals surface area contributed by atoms with Gasteiger partial charge in [0.2, 0.25) is 5.91 Å². The van der Waals surface area contributed by atoms with Gasteiger partial charge in [0.05, 0.1) is 0 Å². The van der Waals surface area contributed by atoms with E-state index in [1.54, 1.807) is 4.90 Å². The number of nitrogens with zero attached hydrogens (tertiary/aromatic N) is 2. The first-order chi connectivity index (χ1) is 7.50. The first-order valence-electron chi connectivity index (χ1n) is 6.18. The van der Waals surface area contributed by atoms with Gasteiger partial charge in [0.25, 0.3) is 0 Å². The van der Waals surface area contributed by atoms with Crippen LogP contribution in [0.15, 0.2) is 0 Å². The second kappa shape index (κ2) is 6.21. The van der Waals surface area contributed by atoms with Crippen LogP contribution in [0.25, 0.3) is 0 Å². The molecule has 1 saturated heterocycles. The smallest absolute Gasteiger partial charge is 0.222 e. The Hall–Kier alpha value is -0.610. The predicted molar refractivity (Wildman–Crippen MR) is 66.4 cm³/mol. The SMILES string of the molecule is CC1CN(CCCC(=O)N(C)C)C(C)CN1. The Bertz CT molecular complexity index is 230. The van der Waals surface area contributed by atoms with Crippen LogP contribution in [-0.4, -0.2) is 61.5 Å². The third-order valence-electron chi connectivity index (χ3n) is 3.23. The van der Waals surface area contributed by atoms with Crippen molar-refractivity contribution in [1.29, 1.82) is 0 Å². The minimum absolute atomic E-state index is 0.232. The molecule has 4 nitrogen and oxygen atoms in total. The molecule has 0 spiro atoms. The molecule has 1 aliphatic heterocycles. The Morgan fingerprint density at radius 2 is 2.12 bits per heavy atom. The van der Waals surface area contributed by atoms with Crippen molar-refractivity contribution in [2.45, 2.75) is 38.8 Å². The first-order valence-corrected chi connectivity index (χ1v) is 6.18. The molecule has 1 amide bonds. The molecular formula is C12H25N3O. The average Bonchev–Trinajstić information content (AvgIpc) is 2.22. The van der Waals surface area contributed by atoms with Crippen LogP contribution in [0, 0.1) is 0 Å². The molecule has 4 heteroatoms. The van der Waals surface area contributed by atoms with E-state index in [0.717, 1.165) is 26.1 Å². The number of hydrogen-bond donors (Lipinski definition) is 1. The standard InChI is InChI=1S/C12H25N3O/c1-10-9-15(11(2)8-13-10)7-5-6-12(16)14(3)4/h10-11,13H,5-9H2,1-4H3. The number of carbonyl (C=O) groups is 1. The number of nitrogens with one attached hydrogen (secondary N) is 1. The van der Waals surface area contributed by atoms with Gasteiger partial charge in [0.1, 0.15) is 0 Å². The van der Waals surface area contributed by atoms with Crippen LogP contribution >= 0.6 is 0 Å². The summed E-state index contributed by atoms with van der Waals surface area (Å²) in [7, 11) is 3.63. The highest BCUT2D eigenvalue weighted by atomic mass is 16.2. The van der Waals surface area contributed by atoms with E-state index in [4.69, 9.17) is 0 Å². The predicted octanol–water partition coefficient (Wildman–Crippen LogP) is 0.537. The molecule has 94 valence electrons. The highest BCUT2D eigenvalue weighted by molar-refractivity contribution is 5.75. The maximum atomic E-state index is 11.4. The van der Waals surface area contributed by atoms with Crippen molar-refractivity contribution in [2.75, 3.05) is 33.7 Å². The molecule has 1 fully saturated rings. The summed E-state index contributed by atoms with van der Waals surface area (Å²) < 4.78 is 0. The van der Waals surface area contributed by atoms with Crippen LogP contribution in [0.2, 0.25) is 0 Å². The van der Waals surface area contributed by atoms with E-state index in [1.165, 1.54) is 0 Å². The molecule has 0 saturated carbocycles. The van der Waals surface area contributed by atoms with E-state index < -0.39 is 0 Å². The molecule has 0 aliphatic carbocycles. The fraction of sp³-hybridized carbons (Fsp3) is 0.917. The highest BCUT2D eigenvalue weighted by Crippen LogP contribution is 2.08. The van der Waals surface area contributed by atoms with Crippen molar-refractivity contribution in [3.8, 4) is 0 Å². The van der Waals surface area contributed by atoms with Crippen molar-refractivity contribution in [1.82, 2.24) is 15.1 Å². The van der Waals surface area contributed by atoms with Gasteiger partial charge in [-0.3, -0.25) is 9.69 Å². The van der Waals surface area contributed by atoms with Crippen LogP contribution < -0.4 is 5.32 Å². The fourth-order valence-corrected chi connectivity index (χ4v) is 2.07.